The van der Waals surface area contributed by atoms with Crippen molar-refractivity contribution in [3.8, 4) is 11.5 Å². The molecular formula is C26H23BrN6O3. The quantitative estimate of drug-likeness (QED) is 0.338. The standard InChI is InChI=1S/C26H23BrN6O3/c1-16-23(25(34)29-20-10-6-7-11-22(20)35-2)24(33-26(28-16)30-31-32-33)19-14-18(27)12-13-21(19)36-15-17-8-4-3-5-9-17/h3-14,24H,15H2,1-2H3,(H,29,34)(H,28,30,32). The van der Waals surface area contributed by atoms with E-state index >= 15 is 0 Å². The number of nitrogens with zero attached hydrogens (tertiary/aromatic N) is 4. The molecule has 2 heterocycles. The highest BCUT2D eigenvalue weighted by molar-refractivity contribution is 9.10. The number of carbonyl (C=O) groups is 1. The molecule has 2 N–H and O–H groups in total. The molecule has 1 aliphatic rings. The fourth-order valence-electron chi connectivity index (χ4n) is 4.13. The third-order valence-electron chi connectivity index (χ3n) is 5.82. The first kappa shape index (κ1) is 23.6. The molecule has 0 radical (unpaired) electrons. The molecule has 5 rings (SSSR count). The smallest absolute Gasteiger partial charge is 0.255 e. The average Bonchev–Trinajstić information content (AvgIpc) is 3.36. The number of rotatable bonds is 7. The Bertz CT molecular complexity index is 1440. The van der Waals surface area contributed by atoms with Gasteiger partial charge in [-0.2, -0.15) is 4.68 Å². The molecule has 0 saturated carbocycles. The summed E-state index contributed by atoms with van der Waals surface area (Å²) < 4.78 is 14.1. The number of amides is 1. The van der Waals surface area contributed by atoms with Gasteiger partial charge >= 0.3 is 0 Å². The normalized spacial score (nSPS) is 14.6. The summed E-state index contributed by atoms with van der Waals surface area (Å²) >= 11 is 3.57. The van der Waals surface area contributed by atoms with Gasteiger partial charge in [-0.05, 0) is 53.2 Å². The van der Waals surface area contributed by atoms with E-state index in [0.29, 0.717) is 41.0 Å². The van der Waals surface area contributed by atoms with Gasteiger partial charge < -0.3 is 20.1 Å². The Morgan fingerprint density at radius 1 is 1.08 bits per heavy atom. The van der Waals surface area contributed by atoms with Crippen LogP contribution in [0.1, 0.15) is 24.1 Å². The molecule has 10 heteroatoms. The van der Waals surface area contributed by atoms with Crippen molar-refractivity contribution >= 4 is 33.5 Å². The summed E-state index contributed by atoms with van der Waals surface area (Å²) in [7, 11) is 1.56. The summed E-state index contributed by atoms with van der Waals surface area (Å²) in [5, 5.41) is 18.2. The van der Waals surface area contributed by atoms with Crippen LogP contribution in [0.2, 0.25) is 0 Å². The van der Waals surface area contributed by atoms with Crippen molar-refractivity contribution in [2.24, 2.45) is 0 Å². The van der Waals surface area contributed by atoms with Crippen LogP contribution in [-0.4, -0.2) is 33.2 Å². The highest BCUT2D eigenvalue weighted by Crippen LogP contribution is 2.40. The summed E-state index contributed by atoms with van der Waals surface area (Å²) in [5.74, 6) is 1.29. The van der Waals surface area contributed by atoms with E-state index in [1.165, 1.54) is 0 Å². The summed E-state index contributed by atoms with van der Waals surface area (Å²) in [6.07, 6.45) is 0. The van der Waals surface area contributed by atoms with Gasteiger partial charge in [-0.25, -0.2) is 0 Å². The predicted octanol–water partition coefficient (Wildman–Crippen LogP) is 4.95. The molecule has 1 unspecified atom stereocenters. The van der Waals surface area contributed by atoms with E-state index in [2.05, 4.69) is 42.1 Å². The zero-order valence-corrected chi connectivity index (χ0v) is 21.2. The number of methoxy groups -OCH3 is 1. The molecule has 0 saturated heterocycles. The van der Waals surface area contributed by atoms with Crippen LogP contribution in [0.25, 0.3) is 0 Å². The van der Waals surface area contributed by atoms with Crippen molar-refractivity contribution in [2.45, 2.75) is 19.6 Å². The van der Waals surface area contributed by atoms with E-state index in [-0.39, 0.29) is 5.91 Å². The molecule has 36 heavy (non-hydrogen) atoms. The summed E-state index contributed by atoms with van der Waals surface area (Å²) in [5.41, 5.74) is 3.40. The van der Waals surface area contributed by atoms with E-state index in [9.17, 15) is 4.79 Å². The van der Waals surface area contributed by atoms with Crippen LogP contribution in [0.5, 0.6) is 11.5 Å². The summed E-state index contributed by atoms with van der Waals surface area (Å²) in [4.78, 5) is 13.7. The number of aromatic nitrogens is 4. The molecule has 0 fully saturated rings. The third kappa shape index (κ3) is 4.67. The topological polar surface area (TPSA) is 103 Å². The minimum atomic E-state index is -0.644. The number of tetrazole rings is 1. The first-order chi connectivity index (χ1) is 17.5. The van der Waals surface area contributed by atoms with Crippen molar-refractivity contribution in [2.75, 3.05) is 17.7 Å². The molecule has 0 aliphatic carbocycles. The Balaban J connectivity index is 1.56. The van der Waals surface area contributed by atoms with Gasteiger partial charge in [0.15, 0.2) is 0 Å². The molecule has 1 aromatic heterocycles. The molecule has 1 amide bonds. The van der Waals surface area contributed by atoms with Gasteiger partial charge in [-0.3, -0.25) is 4.79 Å². The number of ether oxygens (including phenoxy) is 2. The Labute approximate surface area is 216 Å². The largest absolute Gasteiger partial charge is 0.495 e. The fraction of sp³-hybridized carbons (Fsp3) is 0.154. The number of allylic oxidation sites excluding steroid dienone is 1. The lowest BCUT2D eigenvalue weighted by Crippen LogP contribution is -2.32. The molecule has 0 spiro atoms. The number of para-hydroxylation sites is 2. The molecule has 182 valence electrons. The minimum absolute atomic E-state index is 0.315. The van der Waals surface area contributed by atoms with E-state index in [4.69, 9.17) is 9.47 Å². The number of anilines is 2. The average molecular weight is 547 g/mol. The maximum Gasteiger partial charge on any atom is 0.255 e. The summed E-state index contributed by atoms with van der Waals surface area (Å²) in [6, 6.07) is 22.2. The van der Waals surface area contributed by atoms with Crippen molar-refractivity contribution in [1.29, 1.82) is 0 Å². The highest BCUT2D eigenvalue weighted by atomic mass is 79.9. The zero-order valence-electron chi connectivity index (χ0n) is 19.6. The van der Waals surface area contributed by atoms with E-state index in [1.807, 2.05) is 67.6 Å². The van der Waals surface area contributed by atoms with Gasteiger partial charge in [0.05, 0.1) is 18.4 Å². The monoisotopic (exact) mass is 546 g/mol. The molecule has 1 aliphatic heterocycles. The van der Waals surface area contributed by atoms with E-state index in [0.717, 1.165) is 15.6 Å². The van der Waals surface area contributed by atoms with Crippen LogP contribution >= 0.6 is 15.9 Å². The van der Waals surface area contributed by atoms with Gasteiger partial charge in [-0.15, -0.1) is 0 Å². The number of hydrogen-bond donors (Lipinski definition) is 2. The van der Waals surface area contributed by atoms with Crippen molar-refractivity contribution in [3.05, 3.63) is 99.7 Å². The maximum atomic E-state index is 13.7. The molecular weight excluding hydrogens is 524 g/mol. The van der Waals surface area contributed by atoms with Crippen molar-refractivity contribution in [3.63, 3.8) is 0 Å². The second kappa shape index (κ2) is 10.2. The Kier molecular flexibility index (Phi) is 6.68. The van der Waals surface area contributed by atoms with Crippen LogP contribution in [0.4, 0.5) is 11.6 Å². The Morgan fingerprint density at radius 2 is 1.86 bits per heavy atom. The lowest BCUT2D eigenvalue weighted by molar-refractivity contribution is -0.113. The highest BCUT2D eigenvalue weighted by Gasteiger charge is 2.36. The summed E-state index contributed by atoms with van der Waals surface area (Å²) in [6.45, 7) is 2.19. The van der Waals surface area contributed by atoms with Crippen molar-refractivity contribution in [1.82, 2.24) is 20.2 Å². The maximum absolute atomic E-state index is 13.7. The SMILES string of the molecule is COc1ccccc1NC(=O)C1=C(C)Nc2nnnn2C1c1cc(Br)ccc1OCc1ccccc1. The minimum Gasteiger partial charge on any atom is -0.495 e. The lowest BCUT2D eigenvalue weighted by Gasteiger charge is -2.29. The predicted molar refractivity (Wildman–Crippen MR) is 139 cm³/mol. The number of carbonyl (C=O) groups excluding carboxylic acids is 1. The third-order valence-corrected chi connectivity index (χ3v) is 6.31. The Morgan fingerprint density at radius 3 is 2.67 bits per heavy atom. The molecule has 3 aromatic carbocycles. The number of hydrogen-bond acceptors (Lipinski definition) is 7. The van der Waals surface area contributed by atoms with Crippen LogP contribution in [0.3, 0.4) is 0 Å². The fourth-order valence-corrected chi connectivity index (χ4v) is 4.51. The van der Waals surface area contributed by atoms with Crippen LogP contribution < -0.4 is 20.1 Å². The first-order valence-corrected chi connectivity index (χ1v) is 12.0. The number of halogens is 1. The lowest BCUT2D eigenvalue weighted by atomic mass is 9.94. The van der Waals surface area contributed by atoms with Gasteiger partial charge in [0.25, 0.3) is 5.91 Å². The number of fused-ring (bicyclic) bond motifs is 1. The number of benzene rings is 3. The van der Waals surface area contributed by atoms with Crippen LogP contribution in [0.15, 0.2) is 88.5 Å². The van der Waals surface area contributed by atoms with Crippen LogP contribution in [0, 0.1) is 0 Å². The van der Waals surface area contributed by atoms with Gasteiger partial charge in [0.1, 0.15) is 24.1 Å². The molecule has 9 nitrogen and oxygen atoms in total. The molecule has 0 bridgehead atoms. The van der Waals surface area contributed by atoms with Gasteiger partial charge in [0, 0.05) is 15.7 Å². The van der Waals surface area contributed by atoms with Gasteiger partial charge in [-0.1, -0.05) is 63.5 Å². The second-order valence-electron chi connectivity index (χ2n) is 8.12. The Hall–Kier alpha value is -4.18. The van der Waals surface area contributed by atoms with Crippen molar-refractivity contribution < 1.29 is 14.3 Å². The van der Waals surface area contributed by atoms with E-state index in [1.54, 1.807) is 23.9 Å². The number of nitrogens with one attached hydrogen (secondary N) is 2. The molecule has 1 atom stereocenters. The molecule has 4 aromatic rings. The van der Waals surface area contributed by atoms with Crippen LogP contribution in [-0.2, 0) is 11.4 Å². The second-order valence-corrected chi connectivity index (χ2v) is 9.04. The zero-order chi connectivity index (χ0) is 25.1. The van der Waals surface area contributed by atoms with Gasteiger partial charge in [0.2, 0.25) is 5.95 Å². The first-order valence-electron chi connectivity index (χ1n) is 11.2. The van der Waals surface area contributed by atoms with E-state index < -0.39 is 6.04 Å².